The van der Waals surface area contributed by atoms with Crippen LogP contribution in [0.2, 0.25) is 0 Å². The number of methoxy groups -OCH3 is 1. The molecule has 1 unspecified atom stereocenters. The lowest BCUT2D eigenvalue weighted by Gasteiger charge is -2.31. The highest BCUT2D eigenvalue weighted by Crippen LogP contribution is 2.23. The second-order valence-electron chi connectivity index (χ2n) is 5.53. The molecule has 18 heavy (non-hydrogen) atoms. The predicted molar refractivity (Wildman–Crippen MR) is 75.8 cm³/mol. The number of hydrogen-bond donors (Lipinski definition) is 0. The van der Waals surface area contributed by atoms with Crippen LogP contribution in [0.4, 0.5) is 0 Å². The third-order valence-electron chi connectivity index (χ3n) is 4.07. The van der Waals surface area contributed by atoms with Crippen LogP contribution in [0.5, 0.6) is 0 Å². The van der Waals surface area contributed by atoms with Crippen LogP contribution in [-0.2, 0) is 11.2 Å². The number of hydrogen-bond acceptors (Lipinski definition) is 2. The Labute approximate surface area is 111 Å². The smallest absolute Gasteiger partial charge is 0.0614 e. The number of nitrogens with zero attached hydrogens (tertiary/aromatic N) is 1. The van der Waals surface area contributed by atoms with Gasteiger partial charge < -0.3 is 9.64 Å². The van der Waals surface area contributed by atoms with Crippen molar-refractivity contribution in [3.8, 4) is 0 Å². The molecule has 1 aromatic carbocycles. The largest absolute Gasteiger partial charge is 0.381 e. The number of rotatable bonds is 5. The molecule has 0 bridgehead atoms. The molecule has 1 saturated heterocycles. The molecule has 2 nitrogen and oxygen atoms in total. The molecule has 1 fully saturated rings. The van der Waals surface area contributed by atoms with E-state index in [0.29, 0.717) is 6.10 Å². The fourth-order valence-electron chi connectivity index (χ4n) is 2.81. The zero-order valence-electron chi connectivity index (χ0n) is 11.6. The van der Waals surface area contributed by atoms with Gasteiger partial charge in [0.15, 0.2) is 0 Å². The van der Waals surface area contributed by atoms with Crippen molar-refractivity contribution in [2.24, 2.45) is 5.92 Å². The minimum Gasteiger partial charge on any atom is -0.381 e. The number of piperidine rings is 1. The highest BCUT2D eigenvalue weighted by molar-refractivity contribution is 5.15. The lowest BCUT2D eigenvalue weighted by atomic mass is 9.89. The summed E-state index contributed by atoms with van der Waals surface area (Å²) in [7, 11) is 4.07. The molecule has 1 aliphatic rings. The summed E-state index contributed by atoms with van der Waals surface area (Å²) in [4.78, 5) is 2.43. The highest BCUT2D eigenvalue weighted by Gasteiger charge is 2.20. The van der Waals surface area contributed by atoms with Crippen molar-refractivity contribution in [2.45, 2.75) is 31.8 Å². The van der Waals surface area contributed by atoms with Crippen molar-refractivity contribution in [3.05, 3.63) is 35.9 Å². The molecule has 0 N–H and O–H groups in total. The number of likely N-dealkylation sites (tertiary alicyclic amines) is 1. The third-order valence-corrected chi connectivity index (χ3v) is 4.07. The van der Waals surface area contributed by atoms with Crippen molar-refractivity contribution < 1.29 is 4.74 Å². The zero-order chi connectivity index (χ0) is 12.8. The molecular formula is C16H25NO. The van der Waals surface area contributed by atoms with E-state index >= 15 is 0 Å². The first kappa shape index (κ1) is 13.6. The van der Waals surface area contributed by atoms with E-state index in [1.54, 1.807) is 0 Å². The average molecular weight is 247 g/mol. The van der Waals surface area contributed by atoms with Gasteiger partial charge in [0.2, 0.25) is 0 Å². The molecule has 2 heteroatoms. The van der Waals surface area contributed by atoms with Crippen molar-refractivity contribution in [3.63, 3.8) is 0 Å². The van der Waals surface area contributed by atoms with Gasteiger partial charge in [0.05, 0.1) is 6.10 Å². The molecule has 1 aliphatic heterocycles. The van der Waals surface area contributed by atoms with Gasteiger partial charge in [-0.25, -0.2) is 0 Å². The van der Waals surface area contributed by atoms with Crippen molar-refractivity contribution in [1.82, 2.24) is 4.90 Å². The Morgan fingerprint density at radius 2 is 1.89 bits per heavy atom. The maximum Gasteiger partial charge on any atom is 0.0614 e. The number of ether oxygens (including phenoxy) is 1. The Hall–Kier alpha value is -0.860. The zero-order valence-corrected chi connectivity index (χ0v) is 11.6. The summed E-state index contributed by atoms with van der Waals surface area (Å²) in [5, 5.41) is 0. The maximum absolute atomic E-state index is 5.67. The molecule has 2 rings (SSSR count). The van der Waals surface area contributed by atoms with Gasteiger partial charge in [-0.3, -0.25) is 0 Å². The second-order valence-corrected chi connectivity index (χ2v) is 5.53. The molecule has 0 saturated carbocycles. The summed E-state index contributed by atoms with van der Waals surface area (Å²) in [6.07, 6.45) is 5.28. The summed E-state index contributed by atoms with van der Waals surface area (Å²) in [5.74, 6) is 0.842. The first-order valence-electron chi connectivity index (χ1n) is 7.03. The first-order chi connectivity index (χ1) is 8.78. The fourth-order valence-corrected chi connectivity index (χ4v) is 2.81. The summed E-state index contributed by atoms with van der Waals surface area (Å²) in [6, 6.07) is 10.7. The molecule has 0 amide bonds. The molecule has 1 atom stereocenters. The van der Waals surface area contributed by atoms with Crippen LogP contribution in [-0.4, -0.2) is 38.3 Å². The normalized spacial score (nSPS) is 19.9. The summed E-state index contributed by atoms with van der Waals surface area (Å²) in [5.41, 5.74) is 1.39. The van der Waals surface area contributed by atoms with Crippen molar-refractivity contribution >= 4 is 0 Å². The lowest BCUT2D eigenvalue weighted by Crippen LogP contribution is -2.32. The van der Waals surface area contributed by atoms with Crippen LogP contribution < -0.4 is 0 Å². The van der Waals surface area contributed by atoms with Gasteiger partial charge in [0.25, 0.3) is 0 Å². The maximum atomic E-state index is 5.67. The van der Waals surface area contributed by atoms with Crippen LogP contribution in [0.3, 0.4) is 0 Å². The molecule has 0 spiro atoms. The van der Waals surface area contributed by atoms with Crippen LogP contribution in [0.15, 0.2) is 30.3 Å². The molecule has 0 aliphatic carbocycles. The van der Waals surface area contributed by atoms with Crippen LogP contribution in [0.25, 0.3) is 0 Å². The SMILES string of the molecule is COC(Cc1ccccc1)CC1CCN(C)CC1. The van der Waals surface area contributed by atoms with Gasteiger partial charge in [-0.05, 0) is 57.3 Å². The number of benzene rings is 1. The van der Waals surface area contributed by atoms with Crippen LogP contribution >= 0.6 is 0 Å². The molecule has 1 heterocycles. The minimum absolute atomic E-state index is 0.376. The topological polar surface area (TPSA) is 12.5 Å². The lowest BCUT2D eigenvalue weighted by molar-refractivity contribution is 0.0674. The van der Waals surface area contributed by atoms with Gasteiger partial charge >= 0.3 is 0 Å². The Kier molecular flexibility index (Phi) is 5.21. The van der Waals surface area contributed by atoms with E-state index in [9.17, 15) is 0 Å². The van der Waals surface area contributed by atoms with Gasteiger partial charge in [-0.2, -0.15) is 0 Å². The van der Waals surface area contributed by atoms with E-state index in [1.165, 1.54) is 37.9 Å². The van der Waals surface area contributed by atoms with Crippen LogP contribution in [0.1, 0.15) is 24.8 Å². The van der Waals surface area contributed by atoms with Gasteiger partial charge in [-0.1, -0.05) is 30.3 Å². The third kappa shape index (κ3) is 4.11. The van der Waals surface area contributed by atoms with Crippen LogP contribution in [0, 0.1) is 5.92 Å². The predicted octanol–water partition coefficient (Wildman–Crippen LogP) is 2.98. The quantitative estimate of drug-likeness (QED) is 0.793. The highest BCUT2D eigenvalue weighted by atomic mass is 16.5. The Morgan fingerprint density at radius 3 is 2.50 bits per heavy atom. The van der Waals surface area contributed by atoms with E-state index in [2.05, 4.69) is 42.3 Å². The average Bonchev–Trinajstić information content (AvgIpc) is 2.41. The van der Waals surface area contributed by atoms with Gasteiger partial charge in [0, 0.05) is 7.11 Å². The van der Waals surface area contributed by atoms with Gasteiger partial charge in [0.1, 0.15) is 0 Å². The first-order valence-corrected chi connectivity index (χ1v) is 7.03. The van der Waals surface area contributed by atoms with Crippen molar-refractivity contribution in [2.75, 3.05) is 27.2 Å². The summed E-state index contributed by atoms with van der Waals surface area (Å²) < 4.78 is 5.67. The van der Waals surface area contributed by atoms with E-state index < -0.39 is 0 Å². The Balaban J connectivity index is 1.82. The van der Waals surface area contributed by atoms with E-state index in [1.807, 2.05) is 7.11 Å². The van der Waals surface area contributed by atoms with E-state index in [4.69, 9.17) is 4.74 Å². The molecule has 0 radical (unpaired) electrons. The molecule has 0 aromatic heterocycles. The molecular weight excluding hydrogens is 222 g/mol. The minimum atomic E-state index is 0.376. The molecule has 100 valence electrons. The fraction of sp³-hybridized carbons (Fsp3) is 0.625. The summed E-state index contributed by atoms with van der Waals surface area (Å²) >= 11 is 0. The van der Waals surface area contributed by atoms with Gasteiger partial charge in [-0.15, -0.1) is 0 Å². The summed E-state index contributed by atoms with van der Waals surface area (Å²) in [6.45, 7) is 2.48. The van der Waals surface area contributed by atoms with Crippen molar-refractivity contribution in [1.29, 1.82) is 0 Å². The Bertz CT molecular complexity index is 330. The van der Waals surface area contributed by atoms with E-state index in [-0.39, 0.29) is 0 Å². The molecule has 1 aromatic rings. The second kappa shape index (κ2) is 6.91. The standard InChI is InChI=1S/C16H25NO/c1-17-10-8-15(9-11-17)13-16(18-2)12-14-6-4-3-5-7-14/h3-7,15-16H,8-13H2,1-2H3. The monoisotopic (exact) mass is 247 g/mol. The van der Waals surface area contributed by atoms with E-state index in [0.717, 1.165) is 12.3 Å². The Morgan fingerprint density at radius 1 is 1.22 bits per heavy atom.